The molecule has 3 unspecified atom stereocenters. The normalized spacial score (nSPS) is 26.7. The van der Waals surface area contributed by atoms with Crippen molar-refractivity contribution in [2.24, 2.45) is 5.92 Å². The molecule has 4 aliphatic rings. The van der Waals surface area contributed by atoms with Crippen LogP contribution in [0.25, 0.3) is 11.0 Å². The Morgan fingerprint density at radius 2 is 1.82 bits per heavy atom. The van der Waals surface area contributed by atoms with Gasteiger partial charge in [-0.3, -0.25) is 14.5 Å². The van der Waals surface area contributed by atoms with Gasteiger partial charge in [0.15, 0.2) is 5.78 Å². The lowest BCUT2D eigenvalue weighted by Gasteiger charge is -2.72. The number of pyridine rings is 1. The minimum atomic E-state index is -0.0167. The van der Waals surface area contributed by atoms with E-state index < -0.39 is 0 Å². The van der Waals surface area contributed by atoms with Gasteiger partial charge in [0.05, 0.1) is 11.3 Å². The maximum absolute atomic E-state index is 13.4. The lowest BCUT2D eigenvalue weighted by molar-refractivity contribution is -0.217. The smallest absolute Gasteiger partial charge is 0.255 e. The van der Waals surface area contributed by atoms with E-state index in [1.165, 1.54) is 25.7 Å². The number of rotatable bonds is 8. The third-order valence-electron chi connectivity index (χ3n) is 9.85. The summed E-state index contributed by atoms with van der Waals surface area (Å²) < 4.78 is 2.17. The van der Waals surface area contributed by atoms with Crippen LogP contribution in [0.5, 0.6) is 0 Å². The van der Waals surface area contributed by atoms with E-state index >= 15 is 0 Å². The molecule has 3 saturated heterocycles. The standard InChI is InChI=1S/C31H39N7O2/c1-4-7-19(2)27(39)25-12-21-16-33-30(35-28(21)37(25)22-8-5-6-9-22)34-26-11-10-20(15-32-26)29(40)36-17-23-13-31(3)14-24(18-36)38(23)31/h10-12,15-16,19,22-24H,4-9,13-14,17-18H2,1-3H3,(H,32,33,34,35). The molecule has 9 nitrogen and oxygen atoms in total. The summed E-state index contributed by atoms with van der Waals surface area (Å²) in [5.41, 5.74) is 2.56. The molecule has 3 aliphatic heterocycles. The molecule has 6 heterocycles. The summed E-state index contributed by atoms with van der Waals surface area (Å²) in [6.07, 6.45) is 12.1. The van der Waals surface area contributed by atoms with Crippen molar-refractivity contribution in [1.29, 1.82) is 0 Å². The van der Waals surface area contributed by atoms with Gasteiger partial charge in [-0.05, 0) is 57.2 Å². The van der Waals surface area contributed by atoms with Crippen LogP contribution in [-0.4, -0.2) is 71.7 Å². The lowest BCUT2D eigenvalue weighted by atomic mass is 9.64. The number of amides is 1. The van der Waals surface area contributed by atoms with Crippen LogP contribution in [0.4, 0.5) is 11.8 Å². The molecule has 1 saturated carbocycles. The van der Waals surface area contributed by atoms with E-state index in [4.69, 9.17) is 4.98 Å². The van der Waals surface area contributed by atoms with Gasteiger partial charge < -0.3 is 14.8 Å². The van der Waals surface area contributed by atoms with E-state index in [-0.39, 0.29) is 23.7 Å². The lowest BCUT2D eigenvalue weighted by Crippen LogP contribution is -2.83. The van der Waals surface area contributed by atoms with Gasteiger partial charge in [-0.25, -0.2) is 9.97 Å². The van der Waals surface area contributed by atoms with E-state index in [1.54, 1.807) is 12.4 Å². The van der Waals surface area contributed by atoms with E-state index in [0.717, 1.165) is 55.5 Å². The summed E-state index contributed by atoms with van der Waals surface area (Å²) in [5.74, 6) is 1.25. The summed E-state index contributed by atoms with van der Waals surface area (Å²) in [7, 11) is 0. The molecule has 1 amide bonds. The fourth-order valence-corrected chi connectivity index (χ4v) is 8.01. The summed E-state index contributed by atoms with van der Waals surface area (Å²) in [5, 5.41) is 4.10. The molecule has 0 aromatic carbocycles. The van der Waals surface area contributed by atoms with Gasteiger partial charge in [0.2, 0.25) is 5.95 Å². The number of carbonyl (C=O) groups excluding carboxylic acids is 2. The molecule has 3 atom stereocenters. The van der Waals surface area contributed by atoms with Gasteiger partial charge in [0.1, 0.15) is 11.5 Å². The minimum absolute atomic E-state index is 0.0167. The van der Waals surface area contributed by atoms with E-state index in [9.17, 15) is 9.59 Å². The molecular formula is C31H39N7O2. The summed E-state index contributed by atoms with van der Waals surface area (Å²) in [4.78, 5) is 45.2. The number of piperidine rings is 1. The van der Waals surface area contributed by atoms with Gasteiger partial charge in [-0.2, -0.15) is 4.98 Å². The van der Waals surface area contributed by atoms with Crippen LogP contribution in [0.3, 0.4) is 0 Å². The van der Waals surface area contributed by atoms with Crippen LogP contribution >= 0.6 is 0 Å². The molecular weight excluding hydrogens is 502 g/mol. The van der Waals surface area contributed by atoms with Crippen molar-refractivity contribution < 1.29 is 9.59 Å². The van der Waals surface area contributed by atoms with Crippen molar-refractivity contribution in [3.63, 3.8) is 0 Å². The zero-order chi connectivity index (χ0) is 27.6. The first-order valence-electron chi connectivity index (χ1n) is 15.1. The van der Waals surface area contributed by atoms with Gasteiger partial charge in [-0.1, -0.05) is 33.1 Å². The highest BCUT2D eigenvalue weighted by molar-refractivity contribution is 6.00. The minimum Gasteiger partial charge on any atom is -0.335 e. The number of nitrogens with one attached hydrogen (secondary N) is 1. The van der Waals surface area contributed by atoms with E-state index in [2.05, 4.69) is 38.6 Å². The Kier molecular flexibility index (Phi) is 6.18. The van der Waals surface area contributed by atoms with Gasteiger partial charge in [-0.15, -0.1) is 0 Å². The number of ketones is 1. The van der Waals surface area contributed by atoms with Crippen molar-refractivity contribution in [1.82, 2.24) is 29.3 Å². The van der Waals surface area contributed by atoms with Crippen molar-refractivity contribution in [2.45, 2.75) is 95.8 Å². The SMILES string of the molecule is CCCC(C)C(=O)c1cc2cnc(Nc3ccc(C(=O)N4CC5CC6(C)CC(C4)N56)cn3)nc2n1C1CCCC1. The second-order valence-electron chi connectivity index (χ2n) is 12.8. The number of anilines is 2. The zero-order valence-corrected chi connectivity index (χ0v) is 23.8. The van der Waals surface area contributed by atoms with Crippen LogP contribution in [0.2, 0.25) is 0 Å². The van der Waals surface area contributed by atoms with Gasteiger partial charge >= 0.3 is 0 Å². The average molecular weight is 542 g/mol. The Hall–Kier alpha value is -3.33. The number of likely N-dealkylation sites (tertiary alicyclic amines) is 1. The summed E-state index contributed by atoms with van der Waals surface area (Å²) in [6.45, 7) is 8.10. The highest BCUT2D eigenvalue weighted by Gasteiger charge is 2.62. The molecule has 40 heavy (non-hydrogen) atoms. The molecule has 1 aliphatic carbocycles. The molecule has 3 aromatic heterocycles. The molecule has 9 heteroatoms. The zero-order valence-electron chi connectivity index (χ0n) is 23.8. The highest BCUT2D eigenvalue weighted by Crippen LogP contribution is 2.53. The van der Waals surface area contributed by atoms with Crippen LogP contribution in [0.15, 0.2) is 30.6 Å². The Bertz CT molecular complexity index is 1440. The monoisotopic (exact) mass is 541 g/mol. The quantitative estimate of drug-likeness (QED) is 0.383. The summed E-state index contributed by atoms with van der Waals surface area (Å²) >= 11 is 0. The fraction of sp³-hybridized carbons (Fsp3) is 0.581. The van der Waals surface area contributed by atoms with Crippen LogP contribution in [0.1, 0.15) is 99.0 Å². The number of nitrogens with zero attached hydrogens (tertiary/aromatic N) is 6. The van der Waals surface area contributed by atoms with Crippen LogP contribution in [0, 0.1) is 5.92 Å². The van der Waals surface area contributed by atoms with Crippen molar-refractivity contribution in [3.8, 4) is 0 Å². The number of Topliss-reactive ketones (excluding diaryl/α,β-unsaturated/α-hetero) is 1. The first-order valence-corrected chi connectivity index (χ1v) is 15.1. The highest BCUT2D eigenvalue weighted by atomic mass is 16.2. The number of fused-ring (bicyclic) bond motifs is 1. The van der Waals surface area contributed by atoms with Crippen LogP contribution in [-0.2, 0) is 0 Å². The second kappa shape index (κ2) is 9.65. The number of carbonyl (C=O) groups is 2. The van der Waals surface area contributed by atoms with Crippen molar-refractivity contribution in [3.05, 3.63) is 41.9 Å². The first-order chi connectivity index (χ1) is 19.3. The third-order valence-corrected chi connectivity index (χ3v) is 9.85. The predicted octanol–water partition coefficient (Wildman–Crippen LogP) is 5.37. The van der Waals surface area contributed by atoms with Crippen LogP contribution < -0.4 is 5.32 Å². The van der Waals surface area contributed by atoms with Gasteiger partial charge in [0, 0.05) is 60.5 Å². The van der Waals surface area contributed by atoms with E-state index in [0.29, 0.717) is 35.0 Å². The molecule has 7 rings (SSSR count). The molecule has 1 N–H and O–H groups in total. The number of aromatic nitrogens is 4. The van der Waals surface area contributed by atoms with Crippen molar-refractivity contribution >= 4 is 34.5 Å². The second-order valence-corrected chi connectivity index (χ2v) is 12.8. The molecule has 0 bridgehead atoms. The Morgan fingerprint density at radius 3 is 2.48 bits per heavy atom. The van der Waals surface area contributed by atoms with E-state index in [1.807, 2.05) is 30.0 Å². The number of hydrogen-bond acceptors (Lipinski definition) is 7. The topological polar surface area (TPSA) is 96.2 Å². The fourth-order valence-electron chi connectivity index (χ4n) is 8.01. The third kappa shape index (κ3) is 4.12. The molecule has 0 spiro atoms. The molecule has 210 valence electrons. The van der Waals surface area contributed by atoms with Crippen molar-refractivity contribution in [2.75, 3.05) is 18.4 Å². The maximum atomic E-state index is 13.4. The number of hydrogen-bond donors (Lipinski definition) is 1. The Morgan fingerprint density at radius 1 is 1.07 bits per heavy atom. The van der Waals surface area contributed by atoms with Gasteiger partial charge in [0.25, 0.3) is 5.91 Å². The molecule has 0 radical (unpaired) electrons. The largest absolute Gasteiger partial charge is 0.335 e. The Balaban J connectivity index is 1.10. The first kappa shape index (κ1) is 25.6. The molecule has 3 aromatic rings. The Labute approximate surface area is 235 Å². The molecule has 4 fully saturated rings. The maximum Gasteiger partial charge on any atom is 0.255 e. The average Bonchev–Trinajstić information content (AvgIpc) is 3.59. The number of piperazine rings is 1. The predicted molar refractivity (Wildman–Crippen MR) is 154 cm³/mol. The summed E-state index contributed by atoms with van der Waals surface area (Å²) in [6, 6.07) is 6.93.